The summed E-state index contributed by atoms with van der Waals surface area (Å²) in [6, 6.07) is 4.98. The number of halogens is 1. The zero-order valence-corrected chi connectivity index (χ0v) is 9.90. The van der Waals surface area contributed by atoms with E-state index >= 15 is 0 Å². The number of methoxy groups -OCH3 is 1. The number of carbonyl (C=O) groups is 1. The van der Waals surface area contributed by atoms with Crippen molar-refractivity contribution in [3.63, 3.8) is 0 Å². The summed E-state index contributed by atoms with van der Waals surface area (Å²) in [5.74, 6) is -1.20. The monoisotopic (exact) mass is 236 g/mol. The summed E-state index contributed by atoms with van der Waals surface area (Å²) in [5, 5.41) is 4.02. The largest absolute Gasteiger partial charge is 0.465 e. The Kier molecular flexibility index (Phi) is 2.83. The molecule has 0 amide bonds. The fourth-order valence-electron chi connectivity index (χ4n) is 1.82. The highest BCUT2D eigenvalue weighted by Gasteiger charge is 2.19. The second-order valence-corrected chi connectivity index (χ2v) is 4.02. The quantitative estimate of drug-likeness (QED) is 0.752. The average Bonchev–Trinajstić information content (AvgIpc) is 2.66. The maximum absolute atomic E-state index is 13.8. The van der Waals surface area contributed by atoms with Crippen LogP contribution in [-0.4, -0.2) is 22.9 Å². The lowest BCUT2D eigenvalue weighted by molar-refractivity contribution is 0.0602. The van der Waals surface area contributed by atoms with Crippen LogP contribution in [0.25, 0.3) is 10.9 Å². The first kappa shape index (κ1) is 11.6. The van der Waals surface area contributed by atoms with Gasteiger partial charge in [0.2, 0.25) is 5.95 Å². The van der Waals surface area contributed by atoms with Gasteiger partial charge in [0, 0.05) is 6.04 Å². The summed E-state index contributed by atoms with van der Waals surface area (Å²) >= 11 is 0. The van der Waals surface area contributed by atoms with Crippen LogP contribution in [0.5, 0.6) is 0 Å². The number of fused-ring (bicyclic) bond motifs is 1. The van der Waals surface area contributed by atoms with E-state index in [2.05, 4.69) is 9.84 Å². The van der Waals surface area contributed by atoms with Crippen LogP contribution in [0.15, 0.2) is 18.2 Å². The van der Waals surface area contributed by atoms with Gasteiger partial charge in [-0.3, -0.25) is 4.68 Å². The molecule has 0 unspecified atom stereocenters. The third kappa shape index (κ3) is 1.77. The van der Waals surface area contributed by atoms with Crippen LogP contribution in [0, 0.1) is 5.95 Å². The molecule has 0 N–H and O–H groups in total. The van der Waals surface area contributed by atoms with Crippen molar-refractivity contribution in [1.29, 1.82) is 0 Å². The van der Waals surface area contributed by atoms with Crippen molar-refractivity contribution in [1.82, 2.24) is 9.78 Å². The summed E-state index contributed by atoms with van der Waals surface area (Å²) < 4.78 is 20.0. The van der Waals surface area contributed by atoms with Crippen LogP contribution in [0.3, 0.4) is 0 Å². The molecule has 0 spiro atoms. The number of carbonyl (C=O) groups excluding carboxylic acids is 1. The molecule has 0 saturated carbocycles. The van der Waals surface area contributed by atoms with Crippen LogP contribution in [0.4, 0.5) is 4.39 Å². The predicted molar refractivity (Wildman–Crippen MR) is 61.4 cm³/mol. The molecule has 0 aliphatic rings. The van der Waals surface area contributed by atoms with Gasteiger partial charge in [0.05, 0.1) is 23.6 Å². The number of ether oxygens (including phenoxy) is 1. The molecule has 2 aromatic rings. The van der Waals surface area contributed by atoms with Gasteiger partial charge in [-0.15, -0.1) is 5.10 Å². The topological polar surface area (TPSA) is 44.1 Å². The third-order valence-corrected chi connectivity index (χ3v) is 2.59. The van der Waals surface area contributed by atoms with E-state index in [-0.39, 0.29) is 17.0 Å². The van der Waals surface area contributed by atoms with E-state index in [1.165, 1.54) is 13.2 Å². The zero-order valence-electron chi connectivity index (χ0n) is 9.90. The van der Waals surface area contributed by atoms with Gasteiger partial charge >= 0.3 is 5.97 Å². The predicted octanol–water partition coefficient (Wildman–Crippen LogP) is 2.54. The molecule has 2 rings (SSSR count). The van der Waals surface area contributed by atoms with Gasteiger partial charge in [-0.2, -0.15) is 4.39 Å². The van der Waals surface area contributed by atoms with Gasteiger partial charge in [0.25, 0.3) is 0 Å². The van der Waals surface area contributed by atoms with Gasteiger partial charge < -0.3 is 4.74 Å². The van der Waals surface area contributed by atoms with Crippen molar-refractivity contribution in [2.75, 3.05) is 7.11 Å². The molecule has 90 valence electrons. The maximum Gasteiger partial charge on any atom is 0.338 e. The minimum absolute atomic E-state index is 0.0231. The highest BCUT2D eigenvalue weighted by atomic mass is 19.1. The highest BCUT2D eigenvalue weighted by molar-refractivity contribution is 6.03. The van der Waals surface area contributed by atoms with Gasteiger partial charge in [-0.1, -0.05) is 6.07 Å². The summed E-state index contributed by atoms with van der Waals surface area (Å²) in [4.78, 5) is 11.5. The van der Waals surface area contributed by atoms with Crippen molar-refractivity contribution < 1.29 is 13.9 Å². The fourth-order valence-corrected chi connectivity index (χ4v) is 1.82. The first-order valence-corrected chi connectivity index (χ1v) is 5.31. The van der Waals surface area contributed by atoms with Crippen LogP contribution in [0.1, 0.15) is 30.2 Å². The Morgan fingerprint density at radius 1 is 1.47 bits per heavy atom. The van der Waals surface area contributed by atoms with Gasteiger partial charge in [0.1, 0.15) is 0 Å². The van der Waals surface area contributed by atoms with Crippen molar-refractivity contribution in [3.05, 3.63) is 29.7 Å². The summed E-state index contributed by atoms with van der Waals surface area (Å²) in [7, 11) is 1.27. The number of hydrogen-bond acceptors (Lipinski definition) is 3. The van der Waals surface area contributed by atoms with Crippen LogP contribution in [0.2, 0.25) is 0 Å². The number of nitrogens with zero attached hydrogens (tertiary/aromatic N) is 2. The highest BCUT2D eigenvalue weighted by Crippen LogP contribution is 2.24. The zero-order chi connectivity index (χ0) is 12.6. The second kappa shape index (κ2) is 4.16. The Bertz CT molecular complexity index is 575. The number of hydrogen-bond donors (Lipinski definition) is 0. The first-order valence-electron chi connectivity index (χ1n) is 5.31. The van der Waals surface area contributed by atoms with Crippen molar-refractivity contribution in [2.24, 2.45) is 0 Å². The second-order valence-electron chi connectivity index (χ2n) is 4.02. The number of aromatic nitrogens is 2. The lowest BCUT2D eigenvalue weighted by Crippen LogP contribution is -2.03. The van der Waals surface area contributed by atoms with E-state index in [0.29, 0.717) is 5.52 Å². The molecule has 17 heavy (non-hydrogen) atoms. The number of esters is 1. The van der Waals surface area contributed by atoms with E-state index in [4.69, 9.17) is 0 Å². The van der Waals surface area contributed by atoms with Crippen molar-refractivity contribution >= 4 is 16.9 Å². The standard InChI is InChI=1S/C12H13FN2O2/c1-7(2)15-9-6-4-5-8(12(16)17-3)10(9)11(13)14-15/h4-7H,1-3H3. The molecule has 0 aliphatic heterocycles. The van der Waals surface area contributed by atoms with Crippen LogP contribution >= 0.6 is 0 Å². The lowest BCUT2D eigenvalue weighted by Gasteiger charge is -2.06. The molecule has 5 heteroatoms. The van der Waals surface area contributed by atoms with E-state index < -0.39 is 11.9 Å². The molecule has 0 aliphatic carbocycles. The normalized spacial score (nSPS) is 11.1. The average molecular weight is 236 g/mol. The summed E-state index contributed by atoms with van der Waals surface area (Å²) in [6.07, 6.45) is 0. The molecule has 1 aromatic carbocycles. The van der Waals surface area contributed by atoms with E-state index in [9.17, 15) is 9.18 Å². The first-order chi connectivity index (χ1) is 8.06. The molecular formula is C12H13FN2O2. The Labute approximate surface area is 98.0 Å². The Hall–Kier alpha value is -1.91. The minimum Gasteiger partial charge on any atom is -0.465 e. The Morgan fingerprint density at radius 3 is 2.76 bits per heavy atom. The smallest absolute Gasteiger partial charge is 0.338 e. The molecule has 0 atom stereocenters. The van der Waals surface area contributed by atoms with E-state index in [1.54, 1.807) is 16.8 Å². The summed E-state index contributed by atoms with van der Waals surface area (Å²) in [6.45, 7) is 3.80. The number of benzene rings is 1. The van der Waals surface area contributed by atoms with Crippen molar-refractivity contribution in [3.8, 4) is 0 Å². The molecule has 0 bridgehead atoms. The molecule has 1 heterocycles. The molecule has 1 aromatic heterocycles. The Morgan fingerprint density at radius 2 is 2.18 bits per heavy atom. The van der Waals surface area contributed by atoms with Crippen molar-refractivity contribution in [2.45, 2.75) is 19.9 Å². The summed E-state index contributed by atoms with van der Waals surface area (Å²) in [5.41, 5.74) is 0.801. The number of rotatable bonds is 2. The molecule has 0 radical (unpaired) electrons. The molecular weight excluding hydrogens is 223 g/mol. The third-order valence-electron chi connectivity index (χ3n) is 2.59. The minimum atomic E-state index is -0.644. The van der Waals surface area contributed by atoms with Crippen LogP contribution < -0.4 is 0 Å². The van der Waals surface area contributed by atoms with Crippen LogP contribution in [-0.2, 0) is 4.74 Å². The van der Waals surface area contributed by atoms with E-state index in [1.807, 2.05) is 13.8 Å². The van der Waals surface area contributed by atoms with Gasteiger partial charge in [-0.25, -0.2) is 4.79 Å². The van der Waals surface area contributed by atoms with Gasteiger partial charge in [-0.05, 0) is 26.0 Å². The fraction of sp³-hybridized carbons (Fsp3) is 0.333. The Balaban J connectivity index is 2.77. The molecule has 0 fully saturated rings. The lowest BCUT2D eigenvalue weighted by atomic mass is 10.1. The van der Waals surface area contributed by atoms with Gasteiger partial charge in [0.15, 0.2) is 0 Å². The SMILES string of the molecule is COC(=O)c1cccc2c1c(F)nn2C(C)C. The molecule has 4 nitrogen and oxygen atoms in total. The molecule has 0 saturated heterocycles. The van der Waals surface area contributed by atoms with E-state index in [0.717, 1.165) is 0 Å². The maximum atomic E-state index is 13.8.